The van der Waals surface area contributed by atoms with Gasteiger partial charge in [-0.25, -0.2) is 0 Å². The van der Waals surface area contributed by atoms with Gasteiger partial charge in [-0.05, 0) is 49.5 Å². The maximum absolute atomic E-state index is 12.2. The number of aromatic hydroxyl groups is 1. The Bertz CT molecular complexity index is 691. The molecule has 3 N–H and O–H groups in total. The zero-order valence-electron chi connectivity index (χ0n) is 13.1. The highest BCUT2D eigenvalue weighted by atomic mass is 16.3. The van der Waals surface area contributed by atoms with Crippen LogP contribution in [0.4, 0.5) is 0 Å². The van der Waals surface area contributed by atoms with Gasteiger partial charge < -0.3 is 10.1 Å². The molecule has 0 bridgehead atoms. The van der Waals surface area contributed by atoms with Crippen LogP contribution in [0.2, 0.25) is 0 Å². The minimum Gasteiger partial charge on any atom is -0.507 e. The van der Waals surface area contributed by atoms with Crippen LogP contribution in [0, 0.1) is 11.3 Å². The molecule has 5 nitrogen and oxygen atoms in total. The maximum Gasteiger partial charge on any atom is 0.261 e. The predicted octanol–water partition coefficient (Wildman–Crippen LogP) is 3.23. The van der Waals surface area contributed by atoms with Crippen molar-refractivity contribution < 1.29 is 5.11 Å². The van der Waals surface area contributed by atoms with Crippen LogP contribution in [0.25, 0.3) is 11.3 Å². The van der Waals surface area contributed by atoms with Crippen LogP contribution < -0.4 is 5.56 Å². The third-order valence-corrected chi connectivity index (χ3v) is 4.79. The number of aromatic amines is 2. The van der Waals surface area contributed by atoms with Gasteiger partial charge in [0.15, 0.2) is 0 Å². The Morgan fingerprint density at radius 3 is 2.68 bits per heavy atom. The second-order valence-electron chi connectivity index (χ2n) is 7.16. The number of nitrogens with zero attached hydrogens (tertiary/aromatic N) is 1. The van der Waals surface area contributed by atoms with Crippen molar-refractivity contribution in [3.63, 3.8) is 0 Å². The molecule has 0 unspecified atom stereocenters. The standard InChI is InChI=1S/C17H23N3O2/c1-17(2)6-3-11(4-7-17)9-12-10-14(21)15(16(22)19-12)13-5-8-18-20-13/h5,8,10-11H,3-4,6-7,9H2,1-2H3,(H,18,20)(H2,19,21,22). The van der Waals surface area contributed by atoms with E-state index in [1.807, 2.05) is 0 Å². The van der Waals surface area contributed by atoms with Gasteiger partial charge in [-0.2, -0.15) is 5.10 Å². The Morgan fingerprint density at radius 1 is 1.36 bits per heavy atom. The van der Waals surface area contributed by atoms with Crippen molar-refractivity contribution in [3.8, 4) is 17.0 Å². The highest BCUT2D eigenvalue weighted by Crippen LogP contribution is 2.39. The SMILES string of the molecule is CC1(C)CCC(Cc2cc(O)c(-c3cc[nH]n3)c(=O)[nH]2)CC1. The lowest BCUT2D eigenvalue weighted by Crippen LogP contribution is -2.23. The van der Waals surface area contributed by atoms with E-state index in [9.17, 15) is 9.90 Å². The first-order valence-corrected chi connectivity index (χ1v) is 7.90. The molecular formula is C17H23N3O2. The summed E-state index contributed by atoms with van der Waals surface area (Å²) in [5, 5.41) is 16.8. The Balaban J connectivity index is 1.78. The van der Waals surface area contributed by atoms with Crippen molar-refractivity contribution >= 4 is 0 Å². The van der Waals surface area contributed by atoms with Gasteiger partial charge in [-0.1, -0.05) is 13.8 Å². The molecule has 3 rings (SSSR count). The lowest BCUT2D eigenvalue weighted by Gasteiger charge is -2.34. The lowest BCUT2D eigenvalue weighted by atomic mass is 9.72. The van der Waals surface area contributed by atoms with E-state index >= 15 is 0 Å². The fourth-order valence-electron chi connectivity index (χ4n) is 3.33. The molecule has 0 aromatic carbocycles. The Kier molecular flexibility index (Phi) is 3.81. The molecule has 22 heavy (non-hydrogen) atoms. The van der Waals surface area contributed by atoms with Crippen molar-refractivity contribution in [1.29, 1.82) is 0 Å². The molecule has 2 aromatic heterocycles. The number of hydrogen-bond donors (Lipinski definition) is 3. The first kappa shape index (κ1) is 14.9. The van der Waals surface area contributed by atoms with Crippen molar-refractivity contribution in [2.75, 3.05) is 0 Å². The van der Waals surface area contributed by atoms with Crippen LogP contribution in [0.3, 0.4) is 0 Å². The molecule has 5 heteroatoms. The predicted molar refractivity (Wildman–Crippen MR) is 85.8 cm³/mol. The molecule has 0 radical (unpaired) electrons. The van der Waals surface area contributed by atoms with Crippen molar-refractivity contribution in [2.45, 2.75) is 46.0 Å². The number of hydrogen-bond acceptors (Lipinski definition) is 3. The molecule has 2 aromatic rings. The zero-order valence-corrected chi connectivity index (χ0v) is 13.1. The molecule has 1 saturated carbocycles. The lowest BCUT2D eigenvalue weighted by molar-refractivity contribution is 0.190. The summed E-state index contributed by atoms with van der Waals surface area (Å²) in [6.45, 7) is 4.63. The van der Waals surface area contributed by atoms with Crippen molar-refractivity contribution in [2.24, 2.45) is 11.3 Å². The first-order valence-electron chi connectivity index (χ1n) is 7.90. The molecular weight excluding hydrogens is 278 g/mol. The van der Waals surface area contributed by atoms with Crippen LogP contribution in [0.5, 0.6) is 5.75 Å². The van der Waals surface area contributed by atoms with Crippen molar-refractivity contribution in [3.05, 3.63) is 34.4 Å². The average Bonchev–Trinajstić information content (AvgIpc) is 2.94. The van der Waals surface area contributed by atoms with Crippen LogP contribution in [0.15, 0.2) is 23.1 Å². The van der Waals surface area contributed by atoms with Crippen LogP contribution in [0.1, 0.15) is 45.2 Å². The second-order valence-corrected chi connectivity index (χ2v) is 7.16. The topological polar surface area (TPSA) is 81.8 Å². The van der Waals surface area contributed by atoms with Gasteiger partial charge in [-0.15, -0.1) is 0 Å². The summed E-state index contributed by atoms with van der Waals surface area (Å²) in [5.74, 6) is 0.585. The maximum atomic E-state index is 12.2. The summed E-state index contributed by atoms with van der Waals surface area (Å²) in [5.41, 5.74) is 1.67. The Morgan fingerprint density at radius 2 is 2.09 bits per heavy atom. The van der Waals surface area contributed by atoms with Crippen LogP contribution >= 0.6 is 0 Å². The van der Waals surface area contributed by atoms with Gasteiger partial charge >= 0.3 is 0 Å². The highest BCUT2D eigenvalue weighted by molar-refractivity contribution is 5.65. The summed E-state index contributed by atoms with van der Waals surface area (Å²) in [7, 11) is 0. The molecule has 0 atom stereocenters. The minimum atomic E-state index is -0.279. The third kappa shape index (κ3) is 3.08. The van der Waals surface area contributed by atoms with E-state index in [0.29, 0.717) is 17.0 Å². The number of aromatic nitrogens is 3. The van der Waals surface area contributed by atoms with E-state index in [-0.39, 0.29) is 16.9 Å². The van der Waals surface area contributed by atoms with Crippen LogP contribution in [-0.4, -0.2) is 20.3 Å². The normalized spacial score (nSPS) is 18.5. The molecule has 118 valence electrons. The summed E-state index contributed by atoms with van der Waals surface area (Å²) in [6, 6.07) is 3.35. The van der Waals surface area contributed by atoms with Crippen LogP contribution in [-0.2, 0) is 6.42 Å². The largest absolute Gasteiger partial charge is 0.507 e. The van der Waals surface area contributed by atoms with E-state index < -0.39 is 0 Å². The Labute approximate surface area is 129 Å². The average molecular weight is 301 g/mol. The quantitative estimate of drug-likeness (QED) is 0.814. The molecule has 1 aliphatic carbocycles. The fourth-order valence-corrected chi connectivity index (χ4v) is 3.33. The van der Waals surface area contributed by atoms with Gasteiger partial charge in [0.05, 0.1) is 0 Å². The molecule has 2 heterocycles. The van der Waals surface area contributed by atoms with Gasteiger partial charge in [0, 0.05) is 18.0 Å². The second kappa shape index (κ2) is 5.63. The number of pyridine rings is 1. The molecule has 0 amide bonds. The van der Waals surface area contributed by atoms with E-state index in [1.54, 1.807) is 18.3 Å². The minimum absolute atomic E-state index is 0.00184. The molecule has 0 spiro atoms. The molecule has 1 fully saturated rings. The number of nitrogens with one attached hydrogen (secondary N) is 2. The van der Waals surface area contributed by atoms with E-state index in [4.69, 9.17) is 0 Å². The molecule has 0 saturated heterocycles. The van der Waals surface area contributed by atoms with Gasteiger partial charge in [-0.3, -0.25) is 9.89 Å². The first-order chi connectivity index (χ1) is 10.4. The van der Waals surface area contributed by atoms with Gasteiger partial charge in [0.25, 0.3) is 5.56 Å². The number of rotatable bonds is 3. The summed E-state index contributed by atoms with van der Waals surface area (Å²) in [4.78, 5) is 15.1. The Hall–Kier alpha value is -2.04. The van der Waals surface area contributed by atoms with Crippen molar-refractivity contribution in [1.82, 2.24) is 15.2 Å². The van der Waals surface area contributed by atoms with Gasteiger partial charge in [0.1, 0.15) is 17.0 Å². The fraction of sp³-hybridized carbons (Fsp3) is 0.529. The summed E-state index contributed by atoms with van der Waals surface area (Å²) < 4.78 is 0. The number of H-pyrrole nitrogens is 2. The summed E-state index contributed by atoms with van der Waals surface area (Å²) >= 11 is 0. The summed E-state index contributed by atoms with van der Waals surface area (Å²) in [6.07, 6.45) is 7.25. The highest BCUT2D eigenvalue weighted by Gasteiger charge is 2.27. The van der Waals surface area contributed by atoms with E-state index in [1.165, 1.54) is 25.7 Å². The van der Waals surface area contributed by atoms with E-state index in [0.717, 1.165) is 12.1 Å². The zero-order chi connectivity index (χ0) is 15.7. The molecule has 1 aliphatic rings. The smallest absolute Gasteiger partial charge is 0.261 e. The van der Waals surface area contributed by atoms with E-state index in [2.05, 4.69) is 29.0 Å². The monoisotopic (exact) mass is 301 g/mol. The van der Waals surface area contributed by atoms with Gasteiger partial charge in [0.2, 0.25) is 0 Å². The third-order valence-electron chi connectivity index (χ3n) is 4.79. The molecule has 0 aliphatic heterocycles.